The molecule has 0 spiro atoms. The average molecular weight is 287 g/mol. The average Bonchev–Trinajstić information content (AvgIpc) is 2.30. The molecule has 1 aliphatic rings. The molecule has 2 nitrogen and oxygen atoms in total. The molecule has 1 fully saturated rings. The Morgan fingerprint density at radius 3 is 1.73 bits per heavy atom. The molecule has 0 bridgehead atoms. The van der Waals surface area contributed by atoms with Gasteiger partial charge in [0.25, 0.3) is 0 Å². The predicted octanol–water partition coefficient (Wildman–Crippen LogP) is 2.86. The molecule has 0 N–H and O–H groups in total. The minimum atomic E-state index is -0.132. The molecule has 1 rings (SSSR count). The highest BCUT2D eigenvalue weighted by Crippen LogP contribution is 2.45. The topological polar surface area (TPSA) is 15.5 Å². The Kier molecular flexibility index (Phi) is 2.43. The van der Waals surface area contributed by atoms with E-state index in [2.05, 4.69) is 52.6 Å². The molecular formula is C7H13Br2NO. The van der Waals surface area contributed by atoms with E-state index in [9.17, 15) is 0 Å². The summed E-state index contributed by atoms with van der Waals surface area (Å²) in [5.74, 6) is 0. The number of alkyl halides is 2. The smallest absolute Gasteiger partial charge is 0.179 e. The lowest BCUT2D eigenvalue weighted by atomic mass is 10.1. The first kappa shape index (κ1) is 9.96. The molecule has 1 saturated heterocycles. The Hall–Kier alpha value is 0.880. The van der Waals surface area contributed by atoms with Crippen LogP contribution in [0, 0.1) is 0 Å². The molecule has 1 aliphatic heterocycles. The van der Waals surface area contributed by atoms with Gasteiger partial charge in [-0.15, -0.1) is 5.06 Å². The van der Waals surface area contributed by atoms with Crippen molar-refractivity contribution in [2.45, 2.75) is 42.7 Å². The molecule has 0 saturated carbocycles. The maximum absolute atomic E-state index is 5.39. The first-order chi connectivity index (χ1) is 4.73. The van der Waals surface area contributed by atoms with E-state index >= 15 is 0 Å². The summed E-state index contributed by atoms with van der Waals surface area (Å²) in [6.07, 6.45) is 0.141. The largest absolute Gasteiger partial charge is 0.272 e. The van der Waals surface area contributed by atoms with Gasteiger partial charge in [-0.05, 0) is 27.7 Å². The van der Waals surface area contributed by atoms with E-state index in [1.54, 1.807) is 0 Å². The van der Waals surface area contributed by atoms with Crippen LogP contribution in [0.4, 0.5) is 0 Å². The molecule has 4 heteroatoms. The molecule has 11 heavy (non-hydrogen) atoms. The maximum Gasteiger partial charge on any atom is 0.179 e. The van der Waals surface area contributed by atoms with Gasteiger partial charge in [-0.25, -0.2) is 0 Å². The number of nitrogens with zero attached hydrogens (tertiary/aromatic N) is 1. The molecule has 0 amide bonds. The fraction of sp³-hybridized carbons (Fsp3) is 1.00. The van der Waals surface area contributed by atoms with Crippen molar-refractivity contribution in [1.82, 2.24) is 5.06 Å². The summed E-state index contributed by atoms with van der Waals surface area (Å²) in [6, 6.07) is 0. The van der Waals surface area contributed by atoms with Crippen LogP contribution < -0.4 is 0 Å². The molecule has 0 aromatic carbocycles. The van der Waals surface area contributed by atoms with Gasteiger partial charge in [-0.3, -0.25) is 4.84 Å². The Morgan fingerprint density at radius 1 is 1.18 bits per heavy atom. The highest BCUT2D eigenvalue weighted by Gasteiger charge is 2.53. The summed E-state index contributed by atoms with van der Waals surface area (Å²) in [6.45, 7) is 8.40. The molecule has 0 aromatic rings. The zero-order valence-electron chi connectivity index (χ0n) is 7.19. The minimum Gasteiger partial charge on any atom is -0.272 e. The lowest BCUT2D eigenvalue weighted by molar-refractivity contribution is 0.101. The monoisotopic (exact) mass is 285 g/mol. The van der Waals surface area contributed by atoms with Crippen molar-refractivity contribution in [2.24, 2.45) is 0 Å². The van der Waals surface area contributed by atoms with Gasteiger partial charge in [0.15, 0.2) is 6.23 Å². The Labute approximate surface area is 84.5 Å². The second-order valence-corrected chi connectivity index (χ2v) is 8.27. The van der Waals surface area contributed by atoms with Crippen molar-refractivity contribution >= 4 is 31.9 Å². The van der Waals surface area contributed by atoms with Crippen molar-refractivity contribution in [3.8, 4) is 0 Å². The Morgan fingerprint density at radius 2 is 1.64 bits per heavy atom. The number of rotatable bonds is 1. The van der Waals surface area contributed by atoms with Crippen LogP contribution in [-0.2, 0) is 4.84 Å². The molecule has 1 unspecified atom stereocenters. The molecule has 2 atom stereocenters. The van der Waals surface area contributed by atoms with Crippen LogP contribution in [0.15, 0.2) is 0 Å². The maximum atomic E-state index is 5.39. The van der Waals surface area contributed by atoms with Gasteiger partial charge in [-0.1, -0.05) is 31.9 Å². The Balaban J connectivity index is 2.51. The van der Waals surface area contributed by atoms with Crippen LogP contribution >= 0.6 is 31.9 Å². The lowest BCUT2D eigenvalue weighted by Crippen LogP contribution is -2.31. The summed E-state index contributed by atoms with van der Waals surface area (Å²) < 4.78 is -0.132. The summed E-state index contributed by atoms with van der Waals surface area (Å²) in [5.41, 5.74) is 0.0907. The lowest BCUT2D eigenvalue weighted by Gasteiger charge is -2.19. The van der Waals surface area contributed by atoms with E-state index in [0.29, 0.717) is 0 Å². The zero-order valence-corrected chi connectivity index (χ0v) is 10.4. The first-order valence-electron chi connectivity index (χ1n) is 3.57. The summed E-state index contributed by atoms with van der Waals surface area (Å²) in [5, 5.41) is 1.97. The number of halogens is 2. The number of hydroxylamine groups is 2. The number of hydrogen-bond donors (Lipinski definition) is 0. The quantitative estimate of drug-likeness (QED) is 0.544. The van der Waals surface area contributed by atoms with E-state index < -0.39 is 0 Å². The van der Waals surface area contributed by atoms with Gasteiger partial charge >= 0.3 is 0 Å². The zero-order chi connectivity index (χ0) is 8.86. The summed E-state index contributed by atoms with van der Waals surface area (Å²) >= 11 is 6.98. The second-order valence-electron chi connectivity index (χ2n) is 3.91. The van der Waals surface area contributed by atoms with Crippen LogP contribution in [0.25, 0.3) is 0 Å². The molecule has 0 aromatic heterocycles. The summed E-state index contributed by atoms with van der Waals surface area (Å²) in [4.78, 5) is 5.39. The fourth-order valence-electron chi connectivity index (χ4n) is 0.889. The van der Waals surface area contributed by atoms with E-state index in [4.69, 9.17) is 4.84 Å². The van der Waals surface area contributed by atoms with Gasteiger partial charge in [-0.2, -0.15) is 0 Å². The van der Waals surface area contributed by atoms with E-state index in [-0.39, 0.29) is 15.0 Å². The number of hydrogen-bond acceptors (Lipinski definition) is 2. The third kappa shape index (κ3) is 2.41. The van der Waals surface area contributed by atoms with E-state index in [1.807, 2.05) is 12.0 Å². The molecule has 0 radical (unpaired) electrons. The van der Waals surface area contributed by atoms with Crippen molar-refractivity contribution in [3.63, 3.8) is 0 Å². The SMILES string of the molecule is CC(Br)(Br)[C@H]1ON1C(C)(C)C. The van der Waals surface area contributed by atoms with Crippen LogP contribution in [0.3, 0.4) is 0 Å². The molecule has 1 heterocycles. The van der Waals surface area contributed by atoms with Gasteiger partial charge < -0.3 is 0 Å². The standard InChI is InChI=1S/C7H13Br2NO/c1-6(2,3)10-5(11-10)7(4,8)9/h5H,1-4H3/t5-,10?/m1/s1. The minimum absolute atomic E-state index is 0.0907. The third-order valence-corrected chi connectivity index (χ3v) is 2.26. The fourth-order valence-corrected chi connectivity index (χ4v) is 1.43. The van der Waals surface area contributed by atoms with Crippen molar-refractivity contribution in [1.29, 1.82) is 0 Å². The Bertz CT molecular complexity index is 141. The van der Waals surface area contributed by atoms with Crippen molar-refractivity contribution in [3.05, 3.63) is 0 Å². The summed E-state index contributed by atoms with van der Waals surface area (Å²) in [7, 11) is 0. The second kappa shape index (κ2) is 2.69. The molecular weight excluding hydrogens is 274 g/mol. The van der Waals surface area contributed by atoms with Crippen molar-refractivity contribution in [2.75, 3.05) is 0 Å². The van der Waals surface area contributed by atoms with E-state index in [1.165, 1.54) is 0 Å². The highest BCUT2D eigenvalue weighted by molar-refractivity contribution is 9.25. The van der Waals surface area contributed by atoms with Gasteiger partial charge in [0, 0.05) is 5.54 Å². The van der Waals surface area contributed by atoms with Gasteiger partial charge in [0.1, 0.15) is 3.23 Å². The van der Waals surface area contributed by atoms with Crippen LogP contribution in [0.5, 0.6) is 0 Å². The third-order valence-electron chi connectivity index (χ3n) is 1.48. The van der Waals surface area contributed by atoms with Gasteiger partial charge in [0.05, 0.1) is 0 Å². The normalized spacial score (nSPS) is 32.2. The van der Waals surface area contributed by atoms with Gasteiger partial charge in [0.2, 0.25) is 0 Å². The van der Waals surface area contributed by atoms with E-state index in [0.717, 1.165) is 0 Å². The predicted molar refractivity (Wildman–Crippen MR) is 52.7 cm³/mol. The van der Waals surface area contributed by atoms with Crippen LogP contribution in [0.2, 0.25) is 0 Å². The van der Waals surface area contributed by atoms with Crippen LogP contribution in [-0.4, -0.2) is 20.1 Å². The van der Waals surface area contributed by atoms with Crippen molar-refractivity contribution < 1.29 is 4.84 Å². The molecule has 0 aliphatic carbocycles. The molecule has 66 valence electrons. The highest BCUT2D eigenvalue weighted by atomic mass is 79.9. The first-order valence-corrected chi connectivity index (χ1v) is 5.15. The van der Waals surface area contributed by atoms with Crippen LogP contribution in [0.1, 0.15) is 27.7 Å².